The maximum atomic E-state index is 12.9. The molecule has 2 atom stereocenters. The van der Waals surface area contributed by atoms with Gasteiger partial charge < -0.3 is 10.2 Å². The van der Waals surface area contributed by atoms with Crippen molar-refractivity contribution in [3.8, 4) is 0 Å². The van der Waals surface area contributed by atoms with Crippen LogP contribution in [0.15, 0.2) is 30.3 Å². The van der Waals surface area contributed by atoms with E-state index in [1.807, 2.05) is 51.1 Å². The first-order valence-electron chi connectivity index (χ1n) is 7.12. The predicted molar refractivity (Wildman–Crippen MR) is 78.0 cm³/mol. The molecule has 0 bridgehead atoms. The summed E-state index contributed by atoms with van der Waals surface area (Å²) in [6.07, 6.45) is 0.626. The van der Waals surface area contributed by atoms with E-state index in [0.717, 1.165) is 5.56 Å². The van der Waals surface area contributed by atoms with Gasteiger partial charge in [0.2, 0.25) is 5.91 Å². The Morgan fingerprint density at radius 2 is 1.85 bits per heavy atom. The van der Waals surface area contributed by atoms with E-state index in [2.05, 4.69) is 5.32 Å². The number of benzene rings is 1. The largest absolute Gasteiger partial charge is 0.336 e. The normalized spacial score (nSPS) is 26.9. The molecule has 0 aromatic heterocycles. The Hall–Kier alpha value is -1.84. The molecule has 0 saturated carbocycles. The minimum Gasteiger partial charge on any atom is -0.336 e. The minimum atomic E-state index is -0.978. The van der Waals surface area contributed by atoms with Crippen LogP contribution in [0.4, 0.5) is 0 Å². The zero-order valence-corrected chi connectivity index (χ0v) is 12.5. The fourth-order valence-electron chi connectivity index (χ4n) is 2.85. The van der Waals surface area contributed by atoms with E-state index in [-0.39, 0.29) is 23.9 Å². The van der Waals surface area contributed by atoms with Crippen LogP contribution in [-0.2, 0) is 15.1 Å². The quantitative estimate of drug-likeness (QED) is 0.917. The predicted octanol–water partition coefficient (Wildman–Crippen LogP) is 2.05. The molecular formula is C16H22N2O2. The molecule has 1 aromatic rings. The Morgan fingerprint density at radius 3 is 2.35 bits per heavy atom. The van der Waals surface area contributed by atoms with Gasteiger partial charge in [0.1, 0.15) is 11.6 Å². The molecule has 1 saturated heterocycles. The lowest BCUT2D eigenvalue weighted by Crippen LogP contribution is -2.68. The Balaban J connectivity index is 2.47. The van der Waals surface area contributed by atoms with Crippen molar-refractivity contribution in [3.05, 3.63) is 35.9 Å². The summed E-state index contributed by atoms with van der Waals surface area (Å²) in [5.41, 5.74) is -0.160. The topological polar surface area (TPSA) is 49.4 Å². The number of carbonyl (C=O) groups is 2. The second-order valence-corrected chi connectivity index (χ2v) is 5.71. The van der Waals surface area contributed by atoms with Crippen LogP contribution in [0, 0.1) is 0 Å². The van der Waals surface area contributed by atoms with E-state index in [0.29, 0.717) is 6.42 Å². The average molecular weight is 274 g/mol. The van der Waals surface area contributed by atoms with Crippen LogP contribution in [-0.4, -0.2) is 28.8 Å². The Morgan fingerprint density at radius 1 is 1.25 bits per heavy atom. The van der Waals surface area contributed by atoms with Crippen molar-refractivity contribution in [2.45, 2.75) is 51.7 Å². The van der Waals surface area contributed by atoms with Gasteiger partial charge >= 0.3 is 0 Å². The number of nitrogens with zero attached hydrogens (tertiary/aromatic N) is 1. The molecule has 2 amide bonds. The lowest BCUT2D eigenvalue weighted by Gasteiger charge is -2.46. The van der Waals surface area contributed by atoms with Gasteiger partial charge in [-0.15, -0.1) is 0 Å². The first-order valence-corrected chi connectivity index (χ1v) is 7.12. The van der Waals surface area contributed by atoms with Crippen molar-refractivity contribution in [2.75, 3.05) is 0 Å². The van der Waals surface area contributed by atoms with Gasteiger partial charge in [-0.1, -0.05) is 37.3 Å². The van der Waals surface area contributed by atoms with Gasteiger partial charge in [-0.3, -0.25) is 9.59 Å². The van der Waals surface area contributed by atoms with E-state index < -0.39 is 5.54 Å². The van der Waals surface area contributed by atoms with Gasteiger partial charge in [-0.05, 0) is 32.8 Å². The second-order valence-electron chi connectivity index (χ2n) is 5.71. The highest BCUT2D eigenvalue weighted by molar-refractivity contribution is 6.00. The molecule has 20 heavy (non-hydrogen) atoms. The van der Waals surface area contributed by atoms with Gasteiger partial charge in [0, 0.05) is 6.04 Å². The van der Waals surface area contributed by atoms with Crippen molar-refractivity contribution in [2.24, 2.45) is 0 Å². The standard InChI is InChI=1S/C16H22N2O2/c1-5-13-14(19)17-16(4,12-9-7-6-8-10-12)15(20)18(13)11(2)3/h6-11,13H,5H2,1-4H3,(H,17,19). The number of hydrogen-bond donors (Lipinski definition) is 1. The van der Waals surface area contributed by atoms with Crippen LogP contribution in [0.2, 0.25) is 0 Å². The number of rotatable bonds is 3. The minimum absolute atomic E-state index is 0.00142. The number of amides is 2. The third-order valence-corrected chi connectivity index (χ3v) is 3.97. The van der Waals surface area contributed by atoms with Crippen LogP contribution in [0.25, 0.3) is 0 Å². The fourth-order valence-corrected chi connectivity index (χ4v) is 2.85. The Bertz CT molecular complexity index is 512. The van der Waals surface area contributed by atoms with E-state index in [4.69, 9.17) is 0 Å². The smallest absolute Gasteiger partial charge is 0.253 e. The molecule has 2 rings (SSSR count). The highest BCUT2D eigenvalue weighted by Gasteiger charge is 2.49. The molecule has 1 aliphatic heterocycles. The molecule has 1 aromatic carbocycles. The van der Waals surface area contributed by atoms with Crippen molar-refractivity contribution in [1.82, 2.24) is 10.2 Å². The maximum absolute atomic E-state index is 12.9. The summed E-state index contributed by atoms with van der Waals surface area (Å²) < 4.78 is 0. The van der Waals surface area contributed by atoms with Crippen molar-refractivity contribution < 1.29 is 9.59 Å². The van der Waals surface area contributed by atoms with Gasteiger partial charge in [-0.2, -0.15) is 0 Å². The summed E-state index contributed by atoms with van der Waals surface area (Å²) in [4.78, 5) is 27.0. The van der Waals surface area contributed by atoms with Gasteiger partial charge in [-0.25, -0.2) is 0 Å². The molecule has 1 aliphatic rings. The monoisotopic (exact) mass is 274 g/mol. The highest BCUT2D eigenvalue weighted by atomic mass is 16.2. The number of nitrogens with one attached hydrogen (secondary N) is 1. The molecule has 4 heteroatoms. The SMILES string of the molecule is CCC1C(=O)NC(C)(c2ccccc2)C(=O)N1C(C)C. The number of hydrogen-bond acceptors (Lipinski definition) is 2. The third-order valence-electron chi connectivity index (χ3n) is 3.97. The summed E-state index contributed by atoms with van der Waals surface area (Å²) in [6, 6.07) is 9.04. The van der Waals surface area contributed by atoms with E-state index in [1.54, 1.807) is 11.8 Å². The first kappa shape index (κ1) is 14.6. The maximum Gasteiger partial charge on any atom is 0.253 e. The second kappa shape index (κ2) is 5.27. The Labute approximate surface area is 120 Å². The average Bonchev–Trinajstić information content (AvgIpc) is 2.43. The zero-order chi connectivity index (χ0) is 14.9. The van der Waals surface area contributed by atoms with E-state index in [1.165, 1.54) is 0 Å². The van der Waals surface area contributed by atoms with Gasteiger partial charge in [0.15, 0.2) is 0 Å². The lowest BCUT2D eigenvalue weighted by molar-refractivity contribution is -0.157. The summed E-state index contributed by atoms with van der Waals surface area (Å²) in [5.74, 6) is -0.114. The number of carbonyl (C=O) groups excluding carboxylic acids is 2. The zero-order valence-electron chi connectivity index (χ0n) is 12.5. The van der Waals surface area contributed by atoms with Crippen molar-refractivity contribution in [1.29, 1.82) is 0 Å². The van der Waals surface area contributed by atoms with E-state index >= 15 is 0 Å². The summed E-state index contributed by atoms with van der Waals surface area (Å²) in [7, 11) is 0. The van der Waals surface area contributed by atoms with Crippen LogP contribution >= 0.6 is 0 Å². The van der Waals surface area contributed by atoms with Crippen molar-refractivity contribution >= 4 is 11.8 Å². The molecule has 0 spiro atoms. The van der Waals surface area contributed by atoms with Gasteiger partial charge in [0.05, 0.1) is 0 Å². The molecular weight excluding hydrogens is 252 g/mol. The summed E-state index contributed by atoms with van der Waals surface area (Å²) in [6.45, 7) is 7.61. The molecule has 0 radical (unpaired) electrons. The molecule has 1 heterocycles. The lowest BCUT2D eigenvalue weighted by atomic mass is 9.86. The fraction of sp³-hybridized carbons (Fsp3) is 0.500. The summed E-state index contributed by atoms with van der Waals surface area (Å²) in [5, 5.41) is 2.91. The van der Waals surface area contributed by atoms with Crippen LogP contribution < -0.4 is 5.32 Å². The molecule has 108 valence electrons. The molecule has 1 fully saturated rings. The third kappa shape index (κ3) is 2.19. The van der Waals surface area contributed by atoms with Crippen molar-refractivity contribution in [3.63, 3.8) is 0 Å². The molecule has 4 nitrogen and oxygen atoms in total. The molecule has 1 N–H and O–H groups in total. The first-order chi connectivity index (χ1) is 9.41. The molecule has 2 unspecified atom stereocenters. The molecule has 0 aliphatic carbocycles. The van der Waals surface area contributed by atoms with E-state index in [9.17, 15) is 9.59 Å². The number of piperazine rings is 1. The van der Waals surface area contributed by atoms with Crippen LogP contribution in [0.1, 0.15) is 39.7 Å². The van der Waals surface area contributed by atoms with Crippen LogP contribution in [0.5, 0.6) is 0 Å². The Kier molecular flexibility index (Phi) is 3.84. The highest BCUT2D eigenvalue weighted by Crippen LogP contribution is 2.30. The van der Waals surface area contributed by atoms with Gasteiger partial charge in [0.25, 0.3) is 5.91 Å². The summed E-state index contributed by atoms with van der Waals surface area (Å²) >= 11 is 0. The van der Waals surface area contributed by atoms with Crippen LogP contribution in [0.3, 0.4) is 0 Å².